The summed E-state index contributed by atoms with van der Waals surface area (Å²) < 4.78 is 14.0. The third kappa shape index (κ3) is 4.64. The van der Waals surface area contributed by atoms with Crippen molar-refractivity contribution >= 4 is 17.3 Å². The highest BCUT2D eigenvalue weighted by molar-refractivity contribution is 5.76. The van der Waals surface area contributed by atoms with Crippen LogP contribution in [0.5, 0.6) is 0 Å². The van der Waals surface area contributed by atoms with Crippen molar-refractivity contribution in [2.45, 2.75) is 45.1 Å². The molecule has 1 aromatic rings. The monoisotopic (exact) mass is 323 g/mol. The summed E-state index contributed by atoms with van der Waals surface area (Å²) in [4.78, 5) is 23.6. The minimum absolute atomic E-state index is 0.0758. The molecule has 1 aromatic carbocycles. The Labute approximate surface area is 134 Å². The number of piperidine rings is 1. The lowest BCUT2D eigenvalue weighted by Crippen LogP contribution is -2.44. The topological polar surface area (TPSA) is 75.5 Å². The van der Waals surface area contributed by atoms with E-state index in [0.29, 0.717) is 25.2 Å². The van der Waals surface area contributed by atoms with E-state index < -0.39 is 10.7 Å². The standard InChI is InChI=1S/C16H22FN3O3/c1-2-3-4-16(21)18-12-7-9-19(10-8-12)15-6-5-13(20(22)23)11-14(15)17/h5-6,11-12H,2-4,7-10H2,1H3,(H,18,21). The van der Waals surface area contributed by atoms with Crippen molar-refractivity contribution in [1.29, 1.82) is 0 Å². The number of nitro benzene ring substituents is 1. The Morgan fingerprint density at radius 2 is 2.13 bits per heavy atom. The maximum atomic E-state index is 14.0. The lowest BCUT2D eigenvalue weighted by atomic mass is 10.0. The van der Waals surface area contributed by atoms with E-state index in [1.807, 2.05) is 11.8 Å². The fourth-order valence-corrected chi connectivity index (χ4v) is 2.77. The van der Waals surface area contributed by atoms with Crippen LogP contribution in [0.25, 0.3) is 0 Å². The first-order chi connectivity index (χ1) is 11.0. The van der Waals surface area contributed by atoms with E-state index in [1.54, 1.807) is 0 Å². The molecule has 0 saturated carbocycles. The van der Waals surface area contributed by atoms with Gasteiger partial charge < -0.3 is 10.2 Å². The number of non-ortho nitro benzene ring substituents is 1. The molecule has 1 aliphatic rings. The molecule has 0 radical (unpaired) electrons. The summed E-state index contributed by atoms with van der Waals surface area (Å²) in [5, 5.41) is 13.7. The number of unbranched alkanes of at least 4 members (excludes halogenated alkanes) is 1. The van der Waals surface area contributed by atoms with Gasteiger partial charge in [0.15, 0.2) is 5.82 Å². The van der Waals surface area contributed by atoms with Crippen LogP contribution in [0.4, 0.5) is 15.8 Å². The summed E-state index contributed by atoms with van der Waals surface area (Å²) in [5.74, 6) is -0.503. The second kappa shape index (κ2) is 7.89. The van der Waals surface area contributed by atoms with Gasteiger partial charge in [-0.25, -0.2) is 4.39 Å². The first-order valence-corrected chi connectivity index (χ1v) is 7.99. The van der Waals surface area contributed by atoms with Crippen molar-refractivity contribution in [2.24, 2.45) is 0 Å². The Morgan fingerprint density at radius 3 is 2.70 bits per heavy atom. The number of benzene rings is 1. The predicted octanol–water partition coefficient (Wildman–Crippen LogP) is 3.01. The van der Waals surface area contributed by atoms with Gasteiger partial charge in [0.25, 0.3) is 5.69 Å². The second-order valence-electron chi connectivity index (χ2n) is 5.83. The Morgan fingerprint density at radius 1 is 1.43 bits per heavy atom. The molecule has 1 aliphatic heterocycles. The van der Waals surface area contributed by atoms with Gasteiger partial charge in [0.2, 0.25) is 5.91 Å². The summed E-state index contributed by atoms with van der Waals surface area (Å²) in [7, 11) is 0. The van der Waals surface area contributed by atoms with Gasteiger partial charge in [-0.3, -0.25) is 14.9 Å². The number of nitrogens with one attached hydrogen (secondary N) is 1. The third-order valence-electron chi connectivity index (χ3n) is 4.10. The molecular formula is C16H22FN3O3. The number of halogens is 1. The summed E-state index contributed by atoms with van der Waals surface area (Å²) in [6.07, 6.45) is 3.92. The Balaban J connectivity index is 1.89. The van der Waals surface area contributed by atoms with Crippen LogP contribution in [0.1, 0.15) is 39.0 Å². The fourth-order valence-electron chi connectivity index (χ4n) is 2.77. The Bertz CT molecular complexity index is 572. The normalized spacial score (nSPS) is 15.5. The maximum Gasteiger partial charge on any atom is 0.272 e. The summed E-state index contributed by atoms with van der Waals surface area (Å²) in [5.41, 5.74) is 0.135. The van der Waals surface area contributed by atoms with Crippen LogP contribution in [0.15, 0.2) is 18.2 Å². The molecular weight excluding hydrogens is 301 g/mol. The fraction of sp³-hybridized carbons (Fsp3) is 0.562. The minimum Gasteiger partial charge on any atom is -0.369 e. The van der Waals surface area contributed by atoms with Gasteiger partial charge in [-0.15, -0.1) is 0 Å². The number of carbonyl (C=O) groups excluding carboxylic acids is 1. The first kappa shape index (κ1) is 17.2. The molecule has 1 fully saturated rings. The number of rotatable bonds is 6. The number of amides is 1. The Hall–Kier alpha value is -2.18. The zero-order valence-electron chi connectivity index (χ0n) is 13.3. The van der Waals surface area contributed by atoms with E-state index in [9.17, 15) is 19.3 Å². The lowest BCUT2D eigenvalue weighted by Gasteiger charge is -2.34. The average Bonchev–Trinajstić information content (AvgIpc) is 2.53. The van der Waals surface area contributed by atoms with Gasteiger partial charge in [-0.2, -0.15) is 0 Å². The van der Waals surface area contributed by atoms with E-state index in [2.05, 4.69) is 5.32 Å². The molecule has 1 amide bonds. The van der Waals surface area contributed by atoms with Gasteiger partial charge in [0, 0.05) is 31.6 Å². The van der Waals surface area contributed by atoms with Crippen molar-refractivity contribution in [3.05, 3.63) is 34.1 Å². The molecule has 0 atom stereocenters. The molecule has 0 aromatic heterocycles. The maximum absolute atomic E-state index is 14.0. The van der Waals surface area contributed by atoms with E-state index >= 15 is 0 Å². The minimum atomic E-state index is -0.606. The molecule has 1 saturated heterocycles. The first-order valence-electron chi connectivity index (χ1n) is 7.99. The molecule has 1 N–H and O–H groups in total. The molecule has 0 spiro atoms. The molecule has 126 valence electrons. The van der Waals surface area contributed by atoms with Crippen molar-refractivity contribution in [3.8, 4) is 0 Å². The van der Waals surface area contributed by atoms with Crippen LogP contribution < -0.4 is 10.2 Å². The number of nitro groups is 1. The third-order valence-corrected chi connectivity index (χ3v) is 4.10. The van der Waals surface area contributed by atoms with Gasteiger partial charge in [0.1, 0.15) is 0 Å². The highest BCUT2D eigenvalue weighted by Gasteiger charge is 2.23. The summed E-state index contributed by atoms with van der Waals surface area (Å²) >= 11 is 0. The molecule has 7 heteroatoms. The SMILES string of the molecule is CCCCC(=O)NC1CCN(c2ccc([N+](=O)[O-])cc2F)CC1. The summed E-state index contributed by atoms with van der Waals surface area (Å²) in [6.45, 7) is 3.28. The van der Waals surface area contributed by atoms with Gasteiger partial charge in [-0.1, -0.05) is 13.3 Å². The summed E-state index contributed by atoms with van der Waals surface area (Å²) in [6, 6.07) is 3.84. The highest BCUT2D eigenvalue weighted by Crippen LogP contribution is 2.26. The lowest BCUT2D eigenvalue weighted by molar-refractivity contribution is -0.385. The van der Waals surface area contributed by atoms with Gasteiger partial charge in [-0.05, 0) is 25.3 Å². The highest BCUT2D eigenvalue weighted by atomic mass is 19.1. The van der Waals surface area contributed by atoms with Crippen LogP contribution >= 0.6 is 0 Å². The van der Waals surface area contributed by atoms with Gasteiger partial charge >= 0.3 is 0 Å². The number of carbonyl (C=O) groups is 1. The van der Waals surface area contributed by atoms with Crippen LogP contribution in [0, 0.1) is 15.9 Å². The smallest absolute Gasteiger partial charge is 0.272 e. The largest absolute Gasteiger partial charge is 0.369 e. The van der Waals surface area contributed by atoms with E-state index in [4.69, 9.17) is 0 Å². The molecule has 0 aliphatic carbocycles. The molecule has 1 heterocycles. The van der Waals surface area contributed by atoms with Crippen LogP contribution in [-0.4, -0.2) is 30.0 Å². The molecule has 2 rings (SSSR count). The van der Waals surface area contributed by atoms with Gasteiger partial charge in [0.05, 0.1) is 16.7 Å². The zero-order chi connectivity index (χ0) is 16.8. The molecule has 0 bridgehead atoms. The van der Waals surface area contributed by atoms with Crippen molar-refractivity contribution in [3.63, 3.8) is 0 Å². The van der Waals surface area contributed by atoms with Crippen LogP contribution in [-0.2, 0) is 4.79 Å². The average molecular weight is 323 g/mol. The van der Waals surface area contributed by atoms with E-state index in [1.165, 1.54) is 12.1 Å². The molecule has 0 unspecified atom stereocenters. The Kier molecular flexibility index (Phi) is 5.90. The molecule has 23 heavy (non-hydrogen) atoms. The number of hydrogen-bond acceptors (Lipinski definition) is 4. The van der Waals surface area contributed by atoms with E-state index in [-0.39, 0.29) is 17.6 Å². The number of hydrogen-bond donors (Lipinski definition) is 1. The predicted molar refractivity (Wildman–Crippen MR) is 86.0 cm³/mol. The van der Waals surface area contributed by atoms with Crippen molar-refractivity contribution < 1.29 is 14.1 Å². The van der Waals surface area contributed by atoms with Crippen LogP contribution in [0.2, 0.25) is 0 Å². The number of nitrogens with zero attached hydrogens (tertiary/aromatic N) is 2. The second-order valence-corrected chi connectivity index (χ2v) is 5.83. The van der Waals surface area contributed by atoms with Crippen LogP contribution in [0.3, 0.4) is 0 Å². The van der Waals surface area contributed by atoms with Crippen molar-refractivity contribution in [1.82, 2.24) is 5.32 Å². The zero-order valence-corrected chi connectivity index (χ0v) is 13.3. The molecule has 6 nitrogen and oxygen atoms in total. The van der Waals surface area contributed by atoms with E-state index in [0.717, 1.165) is 31.7 Å². The number of anilines is 1. The van der Waals surface area contributed by atoms with Crippen molar-refractivity contribution in [2.75, 3.05) is 18.0 Å². The quantitative estimate of drug-likeness (QED) is 0.645.